The summed E-state index contributed by atoms with van der Waals surface area (Å²) in [6.45, 7) is 3.91. The van der Waals surface area contributed by atoms with Gasteiger partial charge in [0.05, 0.1) is 23.3 Å². The van der Waals surface area contributed by atoms with Crippen LogP contribution in [0.4, 0.5) is 0 Å². The Balaban J connectivity index is 2.15. The average Bonchev–Trinajstić information content (AvgIpc) is 2.53. The van der Waals surface area contributed by atoms with Gasteiger partial charge < -0.3 is 14.6 Å². The maximum atomic E-state index is 11.4. The molecule has 0 radical (unpaired) electrons. The molecule has 3 rings (SSSR count). The van der Waals surface area contributed by atoms with Crippen LogP contribution in [0, 0.1) is 0 Å². The molecule has 1 aromatic heterocycles. The number of nitrogens with zero attached hydrogens (tertiary/aromatic N) is 1. The first-order valence-electron chi connectivity index (χ1n) is 7.43. The van der Waals surface area contributed by atoms with Gasteiger partial charge in [0.1, 0.15) is 5.75 Å². The Morgan fingerprint density at radius 3 is 2.61 bits per heavy atom. The zero-order valence-electron chi connectivity index (χ0n) is 12.9. The number of rotatable bonds is 4. The second-order valence-corrected chi connectivity index (χ2v) is 5.55. The van der Waals surface area contributed by atoms with Gasteiger partial charge in [-0.3, -0.25) is 0 Å². The Hall–Kier alpha value is -2.88. The lowest BCUT2D eigenvalue weighted by Gasteiger charge is -2.13. The summed E-state index contributed by atoms with van der Waals surface area (Å²) in [6.07, 6.45) is 0.0635. The molecule has 0 N–H and O–H groups in total. The lowest BCUT2D eigenvalue weighted by atomic mass is 10.0. The molecule has 0 atom stereocenters. The van der Waals surface area contributed by atoms with E-state index in [2.05, 4.69) is 4.98 Å². The van der Waals surface area contributed by atoms with E-state index in [9.17, 15) is 9.90 Å². The van der Waals surface area contributed by atoms with Gasteiger partial charge >= 0.3 is 0 Å². The Bertz CT molecular complexity index is 871. The van der Waals surface area contributed by atoms with Gasteiger partial charge in [-0.1, -0.05) is 30.3 Å². The van der Waals surface area contributed by atoms with E-state index in [1.165, 1.54) is 0 Å². The molecule has 116 valence electrons. The monoisotopic (exact) mass is 306 g/mol. The van der Waals surface area contributed by atoms with Crippen molar-refractivity contribution in [1.29, 1.82) is 0 Å². The zero-order valence-corrected chi connectivity index (χ0v) is 12.9. The third kappa shape index (κ3) is 3.16. The van der Waals surface area contributed by atoms with Crippen LogP contribution in [0.2, 0.25) is 0 Å². The summed E-state index contributed by atoms with van der Waals surface area (Å²) < 4.78 is 5.69. The minimum absolute atomic E-state index is 0.0635. The lowest BCUT2D eigenvalue weighted by molar-refractivity contribution is -0.254. The summed E-state index contributed by atoms with van der Waals surface area (Å²) in [6, 6.07) is 16.2. The maximum Gasteiger partial charge on any atom is 0.120 e. The quantitative estimate of drug-likeness (QED) is 0.743. The molecule has 0 aliphatic heterocycles. The molecule has 4 heteroatoms. The van der Waals surface area contributed by atoms with Crippen molar-refractivity contribution < 1.29 is 14.6 Å². The number of hydrogen-bond acceptors (Lipinski definition) is 4. The van der Waals surface area contributed by atoms with Crippen LogP contribution in [-0.4, -0.2) is 17.1 Å². The highest BCUT2D eigenvalue weighted by atomic mass is 16.5. The summed E-state index contributed by atoms with van der Waals surface area (Å²) in [4.78, 5) is 16.0. The third-order valence-electron chi connectivity index (χ3n) is 3.44. The van der Waals surface area contributed by atoms with Gasteiger partial charge in [0.2, 0.25) is 0 Å². The maximum absolute atomic E-state index is 11.4. The molecule has 0 aliphatic carbocycles. The molecular formula is C19H16NO3-. The zero-order chi connectivity index (χ0) is 16.4. The van der Waals surface area contributed by atoms with E-state index in [0.717, 1.165) is 11.3 Å². The fraction of sp³-hybridized carbons (Fsp3) is 0.158. The highest BCUT2D eigenvalue weighted by molar-refractivity contribution is 6.02. The van der Waals surface area contributed by atoms with E-state index in [0.29, 0.717) is 16.6 Å². The van der Waals surface area contributed by atoms with E-state index >= 15 is 0 Å². The molecule has 3 aromatic rings. The van der Waals surface area contributed by atoms with Crippen molar-refractivity contribution in [3.05, 3.63) is 60.2 Å². The molecule has 0 bridgehead atoms. The minimum atomic E-state index is -1.21. The Kier molecular flexibility index (Phi) is 3.98. The molecule has 4 nitrogen and oxygen atoms in total. The van der Waals surface area contributed by atoms with Crippen molar-refractivity contribution in [2.45, 2.75) is 20.0 Å². The molecule has 2 aromatic carbocycles. The molecule has 0 fully saturated rings. The Morgan fingerprint density at radius 1 is 1.09 bits per heavy atom. The van der Waals surface area contributed by atoms with E-state index in [4.69, 9.17) is 4.74 Å². The van der Waals surface area contributed by atoms with Crippen molar-refractivity contribution in [2.75, 3.05) is 0 Å². The van der Waals surface area contributed by atoms with Crippen molar-refractivity contribution in [3.63, 3.8) is 0 Å². The van der Waals surface area contributed by atoms with Crippen LogP contribution in [0.5, 0.6) is 5.75 Å². The van der Waals surface area contributed by atoms with Gasteiger partial charge in [0.15, 0.2) is 0 Å². The molecular weight excluding hydrogens is 290 g/mol. The van der Waals surface area contributed by atoms with Gasteiger partial charge in [0, 0.05) is 16.5 Å². The summed E-state index contributed by atoms with van der Waals surface area (Å²) >= 11 is 0. The molecule has 0 saturated heterocycles. The molecule has 0 spiro atoms. The van der Waals surface area contributed by atoms with Crippen LogP contribution in [0.3, 0.4) is 0 Å². The molecule has 0 aliphatic rings. The predicted molar refractivity (Wildman–Crippen MR) is 87.3 cm³/mol. The molecule has 1 heterocycles. The number of carbonyl (C=O) groups is 1. The van der Waals surface area contributed by atoms with Crippen molar-refractivity contribution >= 4 is 16.9 Å². The number of benzene rings is 2. The fourth-order valence-electron chi connectivity index (χ4n) is 2.49. The van der Waals surface area contributed by atoms with E-state index < -0.39 is 5.97 Å². The van der Waals surface area contributed by atoms with Crippen LogP contribution in [0.1, 0.15) is 24.2 Å². The molecule has 0 unspecified atom stereocenters. The van der Waals surface area contributed by atoms with Crippen molar-refractivity contribution in [1.82, 2.24) is 4.98 Å². The first-order valence-corrected chi connectivity index (χ1v) is 7.43. The second-order valence-electron chi connectivity index (χ2n) is 5.55. The average molecular weight is 306 g/mol. The SMILES string of the molecule is CC(C)Oc1cccc(-c2cc(C(=O)[O-])c3ccccc3n2)c1. The summed E-state index contributed by atoms with van der Waals surface area (Å²) in [7, 11) is 0. The van der Waals surface area contributed by atoms with Gasteiger partial charge in [-0.25, -0.2) is 4.98 Å². The number of ether oxygens (including phenoxy) is 1. The normalized spacial score (nSPS) is 10.9. The van der Waals surface area contributed by atoms with Crippen LogP contribution in [-0.2, 0) is 0 Å². The fourth-order valence-corrected chi connectivity index (χ4v) is 2.49. The summed E-state index contributed by atoms with van der Waals surface area (Å²) in [5, 5.41) is 12.0. The Morgan fingerprint density at radius 2 is 1.87 bits per heavy atom. The first kappa shape index (κ1) is 15.0. The summed E-state index contributed by atoms with van der Waals surface area (Å²) in [5.41, 5.74) is 2.15. The van der Waals surface area contributed by atoms with E-state index in [-0.39, 0.29) is 11.7 Å². The topological polar surface area (TPSA) is 62.2 Å². The Labute approximate surface area is 134 Å². The van der Waals surface area contributed by atoms with Crippen LogP contribution < -0.4 is 9.84 Å². The smallest absolute Gasteiger partial charge is 0.120 e. The first-order chi connectivity index (χ1) is 11.0. The van der Waals surface area contributed by atoms with Gasteiger partial charge in [0.25, 0.3) is 0 Å². The van der Waals surface area contributed by atoms with E-state index in [1.54, 1.807) is 24.3 Å². The number of para-hydroxylation sites is 1. The number of carboxylic acid groups (broad SMARTS) is 1. The van der Waals surface area contributed by atoms with Crippen molar-refractivity contribution in [3.8, 4) is 17.0 Å². The molecule has 0 amide bonds. The largest absolute Gasteiger partial charge is 0.545 e. The number of aromatic nitrogens is 1. The van der Waals surface area contributed by atoms with Gasteiger partial charge in [-0.05, 0) is 38.1 Å². The van der Waals surface area contributed by atoms with Gasteiger partial charge in [-0.15, -0.1) is 0 Å². The second kappa shape index (κ2) is 6.08. The van der Waals surface area contributed by atoms with Gasteiger partial charge in [-0.2, -0.15) is 0 Å². The highest BCUT2D eigenvalue weighted by Gasteiger charge is 2.09. The lowest BCUT2D eigenvalue weighted by Crippen LogP contribution is -2.22. The van der Waals surface area contributed by atoms with E-state index in [1.807, 2.05) is 44.2 Å². The standard InChI is InChI=1S/C19H17NO3/c1-12(2)23-14-7-5-6-13(10-14)18-11-16(19(21)22)15-8-3-4-9-17(15)20-18/h3-12H,1-2H3,(H,21,22)/p-1. The van der Waals surface area contributed by atoms with Crippen LogP contribution in [0.25, 0.3) is 22.2 Å². The predicted octanol–water partition coefficient (Wildman–Crippen LogP) is 3.05. The number of carboxylic acids is 1. The number of carbonyl (C=O) groups excluding carboxylic acids is 1. The number of hydrogen-bond donors (Lipinski definition) is 0. The van der Waals surface area contributed by atoms with Crippen LogP contribution in [0.15, 0.2) is 54.6 Å². The minimum Gasteiger partial charge on any atom is -0.545 e. The molecule has 0 saturated carbocycles. The van der Waals surface area contributed by atoms with Crippen LogP contribution >= 0.6 is 0 Å². The number of pyridine rings is 1. The molecule has 23 heavy (non-hydrogen) atoms. The number of aromatic carboxylic acids is 1. The highest BCUT2D eigenvalue weighted by Crippen LogP contribution is 2.27. The third-order valence-corrected chi connectivity index (χ3v) is 3.44. The summed E-state index contributed by atoms with van der Waals surface area (Å²) in [5.74, 6) is -0.484. The van der Waals surface area contributed by atoms with Crippen molar-refractivity contribution in [2.24, 2.45) is 0 Å². The number of fused-ring (bicyclic) bond motifs is 1.